The molecule has 0 aliphatic rings. The maximum Gasteiger partial charge on any atom is 0.243 e. The first kappa shape index (κ1) is 25.7. The van der Waals surface area contributed by atoms with Gasteiger partial charge >= 0.3 is 0 Å². The minimum atomic E-state index is -3.90. The molecule has 36 heavy (non-hydrogen) atoms. The second-order valence-corrected chi connectivity index (χ2v) is 11.6. The molecular weight excluding hydrogens is 488 g/mol. The van der Waals surface area contributed by atoms with Gasteiger partial charge in [-0.05, 0) is 55.8 Å². The first-order valence-electron chi connectivity index (χ1n) is 11.6. The highest BCUT2D eigenvalue weighted by atomic mass is 32.2. The molecule has 4 aromatic rings. The zero-order valence-corrected chi connectivity index (χ0v) is 21.9. The lowest BCUT2D eigenvalue weighted by molar-refractivity contribution is -0.116. The summed E-state index contributed by atoms with van der Waals surface area (Å²) < 4.78 is 28.3. The molecule has 0 aromatic heterocycles. The van der Waals surface area contributed by atoms with Gasteiger partial charge in [-0.1, -0.05) is 89.6 Å². The van der Waals surface area contributed by atoms with Gasteiger partial charge in [0.25, 0.3) is 0 Å². The van der Waals surface area contributed by atoms with Crippen molar-refractivity contribution in [1.29, 1.82) is 0 Å². The number of carbonyl (C=O) groups excluding carboxylic acids is 1. The maximum absolute atomic E-state index is 13.6. The fourth-order valence-electron chi connectivity index (χ4n) is 3.61. The number of rotatable bonds is 9. The Morgan fingerprint density at radius 3 is 2.03 bits per heavy atom. The standard InChI is InChI=1S/C29H28N2O3S2/c1-22-12-16-24(17-13-22)20-31(36(33,34)26-18-14-23(2)15-19-26)21-29(32)30-27-10-6-7-11-28(27)35-25-8-4-3-5-9-25/h3-19H,20-21H2,1-2H3,(H,30,32). The predicted octanol–water partition coefficient (Wildman–Crippen LogP) is 6.28. The van der Waals surface area contributed by atoms with Crippen LogP contribution in [0.5, 0.6) is 0 Å². The van der Waals surface area contributed by atoms with Gasteiger partial charge in [-0.2, -0.15) is 4.31 Å². The highest BCUT2D eigenvalue weighted by Gasteiger charge is 2.27. The molecule has 0 saturated carbocycles. The van der Waals surface area contributed by atoms with E-state index in [0.29, 0.717) is 5.69 Å². The van der Waals surface area contributed by atoms with Crippen molar-refractivity contribution in [2.75, 3.05) is 11.9 Å². The van der Waals surface area contributed by atoms with Gasteiger partial charge in [0, 0.05) is 16.3 Å². The first-order chi connectivity index (χ1) is 17.3. The van der Waals surface area contributed by atoms with Crippen LogP contribution in [0.4, 0.5) is 5.69 Å². The number of aryl methyl sites for hydroxylation is 2. The molecule has 0 heterocycles. The molecule has 7 heteroatoms. The summed E-state index contributed by atoms with van der Waals surface area (Å²) in [7, 11) is -3.90. The fourth-order valence-corrected chi connectivity index (χ4v) is 5.91. The molecule has 0 spiro atoms. The summed E-state index contributed by atoms with van der Waals surface area (Å²) in [4.78, 5) is 15.3. The molecule has 0 radical (unpaired) electrons. The van der Waals surface area contributed by atoms with Gasteiger partial charge in [0.15, 0.2) is 0 Å². The molecule has 0 aliphatic carbocycles. The molecule has 0 fully saturated rings. The van der Waals surface area contributed by atoms with E-state index in [9.17, 15) is 13.2 Å². The Bertz CT molecular complexity index is 1420. The van der Waals surface area contributed by atoms with E-state index >= 15 is 0 Å². The van der Waals surface area contributed by atoms with E-state index in [1.807, 2.05) is 92.7 Å². The van der Waals surface area contributed by atoms with Crippen LogP contribution in [0.25, 0.3) is 0 Å². The number of anilines is 1. The summed E-state index contributed by atoms with van der Waals surface area (Å²) in [5, 5.41) is 2.92. The molecule has 0 bridgehead atoms. The molecule has 4 rings (SSSR count). The average Bonchev–Trinajstić information content (AvgIpc) is 2.87. The van der Waals surface area contributed by atoms with Crippen molar-refractivity contribution < 1.29 is 13.2 Å². The van der Waals surface area contributed by atoms with Crippen molar-refractivity contribution in [2.24, 2.45) is 0 Å². The summed E-state index contributed by atoms with van der Waals surface area (Å²) in [6.07, 6.45) is 0. The monoisotopic (exact) mass is 516 g/mol. The van der Waals surface area contributed by atoms with Crippen LogP contribution in [0, 0.1) is 13.8 Å². The number of para-hydroxylation sites is 1. The van der Waals surface area contributed by atoms with Crippen LogP contribution in [-0.2, 0) is 21.4 Å². The lowest BCUT2D eigenvalue weighted by Gasteiger charge is -2.22. The zero-order chi connectivity index (χ0) is 25.5. The number of nitrogens with one attached hydrogen (secondary N) is 1. The van der Waals surface area contributed by atoms with Crippen molar-refractivity contribution >= 4 is 33.4 Å². The van der Waals surface area contributed by atoms with Gasteiger partial charge in [-0.25, -0.2) is 8.42 Å². The van der Waals surface area contributed by atoms with Crippen LogP contribution >= 0.6 is 11.8 Å². The Morgan fingerprint density at radius 1 is 0.778 bits per heavy atom. The molecule has 184 valence electrons. The molecule has 4 aromatic carbocycles. The van der Waals surface area contributed by atoms with Gasteiger partial charge < -0.3 is 5.32 Å². The first-order valence-corrected chi connectivity index (χ1v) is 13.8. The van der Waals surface area contributed by atoms with Crippen LogP contribution in [-0.4, -0.2) is 25.2 Å². The third-order valence-corrected chi connectivity index (χ3v) is 8.48. The average molecular weight is 517 g/mol. The van der Waals surface area contributed by atoms with Crippen molar-refractivity contribution in [3.63, 3.8) is 0 Å². The van der Waals surface area contributed by atoms with Gasteiger partial charge in [-0.3, -0.25) is 4.79 Å². The third-order valence-electron chi connectivity index (χ3n) is 5.59. The molecule has 0 saturated heterocycles. The number of nitrogens with zero attached hydrogens (tertiary/aromatic N) is 1. The van der Waals surface area contributed by atoms with Crippen molar-refractivity contribution in [3.05, 3.63) is 120 Å². The van der Waals surface area contributed by atoms with Crippen molar-refractivity contribution in [1.82, 2.24) is 4.31 Å². The van der Waals surface area contributed by atoms with Gasteiger partial charge in [-0.15, -0.1) is 0 Å². The van der Waals surface area contributed by atoms with Crippen LogP contribution in [0.3, 0.4) is 0 Å². The van der Waals surface area contributed by atoms with Crippen LogP contribution in [0.15, 0.2) is 118 Å². The Morgan fingerprint density at radius 2 is 1.36 bits per heavy atom. The molecule has 5 nitrogen and oxygen atoms in total. The van der Waals surface area contributed by atoms with E-state index < -0.39 is 15.9 Å². The topological polar surface area (TPSA) is 66.5 Å². The van der Waals surface area contributed by atoms with Gasteiger partial charge in [0.05, 0.1) is 17.1 Å². The quantitative estimate of drug-likeness (QED) is 0.284. The molecule has 0 unspecified atom stereocenters. The summed E-state index contributed by atoms with van der Waals surface area (Å²) in [5.41, 5.74) is 3.49. The smallest absolute Gasteiger partial charge is 0.243 e. The highest BCUT2D eigenvalue weighted by molar-refractivity contribution is 7.99. The molecule has 1 amide bonds. The second-order valence-electron chi connectivity index (χ2n) is 8.53. The van der Waals surface area contributed by atoms with Gasteiger partial charge in [0.1, 0.15) is 0 Å². The molecule has 1 N–H and O–H groups in total. The Hall–Kier alpha value is -3.39. The van der Waals surface area contributed by atoms with Crippen molar-refractivity contribution in [3.8, 4) is 0 Å². The number of carbonyl (C=O) groups is 1. The Labute approximate surface area is 217 Å². The summed E-state index contributed by atoms with van der Waals surface area (Å²) >= 11 is 1.54. The number of benzene rings is 4. The van der Waals surface area contributed by atoms with E-state index in [1.54, 1.807) is 24.3 Å². The summed E-state index contributed by atoms with van der Waals surface area (Å²) in [6, 6.07) is 31.7. The van der Waals surface area contributed by atoms with E-state index in [1.165, 1.54) is 16.1 Å². The SMILES string of the molecule is Cc1ccc(CN(CC(=O)Nc2ccccc2Sc2ccccc2)S(=O)(=O)c2ccc(C)cc2)cc1. The normalized spacial score (nSPS) is 11.4. The summed E-state index contributed by atoms with van der Waals surface area (Å²) in [5.74, 6) is -0.404. The lowest BCUT2D eigenvalue weighted by Crippen LogP contribution is -2.37. The summed E-state index contributed by atoms with van der Waals surface area (Å²) in [6.45, 7) is 3.65. The molecular formula is C29H28N2O3S2. The van der Waals surface area contributed by atoms with E-state index in [-0.39, 0.29) is 18.0 Å². The van der Waals surface area contributed by atoms with Crippen LogP contribution in [0.2, 0.25) is 0 Å². The molecule has 0 aliphatic heterocycles. The Kier molecular flexibility index (Phi) is 8.25. The van der Waals surface area contributed by atoms with Crippen molar-refractivity contribution in [2.45, 2.75) is 35.1 Å². The van der Waals surface area contributed by atoms with Crippen LogP contribution in [0.1, 0.15) is 16.7 Å². The highest BCUT2D eigenvalue weighted by Crippen LogP contribution is 2.33. The number of sulfonamides is 1. The Balaban J connectivity index is 1.57. The predicted molar refractivity (Wildman–Crippen MR) is 146 cm³/mol. The molecule has 0 atom stereocenters. The number of amides is 1. The van der Waals surface area contributed by atoms with E-state index in [0.717, 1.165) is 26.5 Å². The largest absolute Gasteiger partial charge is 0.324 e. The van der Waals surface area contributed by atoms with E-state index in [2.05, 4.69) is 5.32 Å². The second kappa shape index (κ2) is 11.6. The zero-order valence-electron chi connectivity index (χ0n) is 20.2. The third kappa shape index (κ3) is 6.63. The number of hydrogen-bond donors (Lipinski definition) is 1. The minimum absolute atomic E-state index is 0.0876. The lowest BCUT2D eigenvalue weighted by atomic mass is 10.1. The van der Waals surface area contributed by atoms with Crippen LogP contribution < -0.4 is 5.32 Å². The minimum Gasteiger partial charge on any atom is -0.324 e. The van der Waals surface area contributed by atoms with E-state index in [4.69, 9.17) is 0 Å². The number of hydrogen-bond acceptors (Lipinski definition) is 4. The fraction of sp³-hybridized carbons (Fsp3) is 0.138. The van der Waals surface area contributed by atoms with Gasteiger partial charge in [0.2, 0.25) is 15.9 Å². The maximum atomic E-state index is 13.6.